The van der Waals surface area contributed by atoms with E-state index in [1.54, 1.807) is 0 Å². The van der Waals surface area contributed by atoms with Crippen LogP contribution in [0.3, 0.4) is 0 Å². The second-order valence-corrected chi connectivity index (χ2v) is 6.97. The Labute approximate surface area is 143 Å². The molecule has 1 aliphatic carbocycles. The topological polar surface area (TPSA) is 0 Å². The van der Waals surface area contributed by atoms with E-state index in [1.807, 2.05) is 12.1 Å². The Morgan fingerprint density at radius 3 is 2.13 bits per heavy atom. The van der Waals surface area contributed by atoms with Gasteiger partial charge in [-0.2, -0.15) is 0 Å². The lowest BCUT2D eigenvalue weighted by molar-refractivity contribution is 0.445. The monoisotopic (exact) mass is 320 g/mol. The van der Waals surface area contributed by atoms with Gasteiger partial charge in [-0.05, 0) is 46.7 Å². The van der Waals surface area contributed by atoms with Gasteiger partial charge in [-0.15, -0.1) is 0 Å². The molecule has 3 aromatic rings. The molecule has 0 heterocycles. The summed E-state index contributed by atoms with van der Waals surface area (Å²) in [5.74, 6) is 0.717. The molecule has 0 bridgehead atoms. The van der Waals surface area contributed by atoms with Crippen LogP contribution in [0.5, 0.6) is 0 Å². The fourth-order valence-corrected chi connectivity index (χ4v) is 4.24. The van der Waals surface area contributed by atoms with Crippen molar-refractivity contribution in [2.24, 2.45) is 0 Å². The summed E-state index contributed by atoms with van der Waals surface area (Å²) in [4.78, 5) is 0. The molecular weight excluding hydrogens is 300 g/mol. The van der Waals surface area contributed by atoms with Crippen molar-refractivity contribution in [3.8, 4) is 11.1 Å². The Hall–Kier alpha value is -1.79. The highest BCUT2D eigenvalue weighted by Crippen LogP contribution is 2.40. The van der Waals surface area contributed by atoms with Crippen molar-refractivity contribution in [3.63, 3.8) is 0 Å². The Balaban J connectivity index is 1.90. The van der Waals surface area contributed by atoms with Crippen molar-refractivity contribution in [1.29, 1.82) is 0 Å². The zero-order valence-corrected chi connectivity index (χ0v) is 14.0. The van der Waals surface area contributed by atoms with E-state index in [2.05, 4.69) is 48.5 Å². The molecule has 1 fully saturated rings. The highest BCUT2D eigenvalue weighted by atomic mass is 35.5. The number of benzene rings is 3. The molecule has 0 radical (unpaired) electrons. The van der Waals surface area contributed by atoms with Gasteiger partial charge < -0.3 is 0 Å². The summed E-state index contributed by atoms with van der Waals surface area (Å²) in [5, 5.41) is 3.54. The molecule has 0 atom stereocenters. The smallest absolute Gasteiger partial charge is 0.0484 e. The van der Waals surface area contributed by atoms with Gasteiger partial charge in [0, 0.05) is 10.6 Å². The summed E-state index contributed by atoms with van der Waals surface area (Å²) in [6.45, 7) is 0. The van der Waals surface area contributed by atoms with Crippen molar-refractivity contribution < 1.29 is 0 Å². The molecule has 0 nitrogen and oxygen atoms in total. The molecule has 1 saturated carbocycles. The first-order valence-electron chi connectivity index (χ1n) is 8.61. The van der Waals surface area contributed by atoms with Gasteiger partial charge in [0.05, 0.1) is 0 Å². The predicted octanol–water partition coefficient (Wildman–Crippen LogP) is 7.21. The van der Waals surface area contributed by atoms with Crippen LogP contribution in [-0.4, -0.2) is 0 Å². The van der Waals surface area contributed by atoms with Crippen molar-refractivity contribution in [1.82, 2.24) is 0 Å². The van der Waals surface area contributed by atoms with Gasteiger partial charge in [0.15, 0.2) is 0 Å². The summed E-state index contributed by atoms with van der Waals surface area (Å²) in [5.41, 5.74) is 3.89. The van der Waals surface area contributed by atoms with Crippen LogP contribution in [0, 0.1) is 0 Å². The minimum atomic E-state index is 0.717. The number of rotatable bonds is 2. The average molecular weight is 321 g/mol. The number of hydrogen-bond donors (Lipinski definition) is 0. The van der Waals surface area contributed by atoms with E-state index in [-0.39, 0.29) is 0 Å². The van der Waals surface area contributed by atoms with Crippen molar-refractivity contribution in [2.45, 2.75) is 38.0 Å². The Kier molecular flexibility index (Phi) is 4.10. The quantitative estimate of drug-likeness (QED) is 0.468. The summed E-state index contributed by atoms with van der Waals surface area (Å²) >= 11 is 6.45. The lowest BCUT2D eigenvalue weighted by Crippen LogP contribution is -2.05. The Morgan fingerprint density at radius 1 is 0.652 bits per heavy atom. The van der Waals surface area contributed by atoms with E-state index < -0.39 is 0 Å². The first-order valence-corrected chi connectivity index (χ1v) is 8.99. The van der Waals surface area contributed by atoms with Gasteiger partial charge >= 0.3 is 0 Å². The molecule has 0 aliphatic heterocycles. The standard InChI is InChI=1S/C22H21Cl/c23-22-13-7-6-12-21(22)20-15-14-17(16-8-2-1-3-9-16)18-10-4-5-11-19(18)20/h4-7,10-16H,1-3,8-9H2. The molecule has 0 N–H and O–H groups in total. The third-order valence-electron chi connectivity index (χ3n) is 5.17. The Bertz CT molecular complexity index is 828. The minimum absolute atomic E-state index is 0.717. The van der Waals surface area contributed by atoms with Crippen LogP contribution in [0.25, 0.3) is 21.9 Å². The molecule has 0 saturated heterocycles. The van der Waals surface area contributed by atoms with Crippen molar-refractivity contribution in [3.05, 3.63) is 71.2 Å². The lowest BCUT2D eigenvalue weighted by atomic mass is 9.81. The fraction of sp³-hybridized carbons (Fsp3) is 0.273. The second kappa shape index (κ2) is 6.37. The molecular formula is C22H21Cl. The largest absolute Gasteiger partial charge is 0.0837 e. The summed E-state index contributed by atoms with van der Waals surface area (Å²) in [6.07, 6.45) is 6.79. The van der Waals surface area contributed by atoms with Gasteiger partial charge in [-0.25, -0.2) is 0 Å². The predicted molar refractivity (Wildman–Crippen MR) is 100 cm³/mol. The third kappa shape index (κ3) is 2.77. The Morgan fingerprint density at radius 2 is 1.35 bits per heavy atom. The summed E-state index contributed by atoms with van der Waals surface area (Å²) in [7, 11) is 0. The maximum absolute atomic E-state index is 6.45. The average Bonchev–Trinajstić information content (AvgIpc) is 2.62. The van der Waals surface area contributed by atoms with Gasteiger partial charge in [-0.1, -0.05) is 85.5 Å². The number of halogens is 1. The van der Waals surface area contributed by atoms with Crippen LogP contribution >= 0.6 is 11.6 Å². The fourth-order valence-electron chi connectivity index (χ4n) is 4.01. The maximum atomic E-state index is 6.45. The molecule has 4 rings (SSSR count). The second-order valence-electron chi connectivity index (χ2n) is 6.56. The molecule has 23 heavy (non-hydrogen) atoms. The van der Waals surface area contributed by atoms with Crippen LogP contribution in [0.15, 0.2) is 60.7 Å². The molecule has 0 aromatic heterocycles. The van der Waals surface area contributed by atoms with E-state index in [9.17, 15) is 0 Å². The summed E-state index contributed by atoms with van der Waals surface area (Å²) < 4.78 is 0. The van der Waals surface area contributed by atoms with Crippen LogP contribution in [0.2, 0.25) is 5.02 Å². The van der Waals surface area contributed by atoms with Gasteiger partial charge in [0.1, 0.15) is 0 Å². The van der Waals surface area contributed by atoms with Crippen LogP contribution in [0.1, 0.15) is 43.6 Å². The highest BCUT2D eigenvalue weighted by Gasteiger charge is 2.19. The van der Waals surface area contributed by atoms with E-state index in [0.29, 0.717) is 5.92 Å². The molecule has 0 amide bonds. The molecule has 1 heteroatoms. The molecule has 0 unspecified atom stereocenters. The van der Waals surface area contributed by atoms with E-state index in [4.69, 9.17) is 11.6 Å². The maximum Gasteiger partial charge on any atom is 0.0484 e. The van der Waals surface area contributed by atoms with Gasteiger partial charge in [-0.3, -0.25) is 0 Å². The number of hydrogen-bond acceptors (Lipinski definition) is 0. The third-order valence-corrected chi connectivity index (χ3v) is 5.50. The van der Waals surface area contributed by atoms with E-state index in [1.165, 1.54) is 54.0 Å². The van der Waals surface area contributed by atoms with Crippen molar-refractivity contribution in [2.75, 3.05) is 0 Å². The van der Waals surface area contributed by atoms with Gasteiger partial charge in [0.2, 0.25) is 0 Å². The molecule has 116 valence electrons. The zero-order chi connectivity index (χ0) is 15.6. The molecule has 1 aliphatic rings. The van der Waals surface area contributed by atoms with E-state index >= 15 is 0 Å². The highest BCUT2D eigenvalue weighted by molar-refractivity contribution is 6.33. The lowest BCUT2D eigenvalue weighted by Gasteiger charge is -2.24. The first kappa shape index (κ1) is 14.8. The summed E-state index contributed by atoms with van der Waals surface area (Å²) in [6, 6.07) is 21.6. The number of fused-ring (bicyclic) bond motifs is 1. The van der Waals surface area contributed by atoms with Crippen LogP contribution in [-0.2, 0) is 0 Å². The SMILES string of the molecule is Clc1ccccc1-c1ccc(C2CCCCC2)c2ccccc12. The van der Waals surface area contributed by atoms with Crippen LogP contribution in [0.4, 0.5) is 0 Å². The normalized spacial score (nSPS) is 15.9. The van der Waals surface area contributed by atoms with E-state index in [0.717, 1.165) is 10.6 Å². The van der Waals surface area contributed by atoms with Gasteiger partial charge in [0.25, 0.3) is 0 Å². The van der Waals surface area contributed by atoms with Crippen molar-refractivity contribution >= 4 is 22.4 Å². The molecule has 0 spiro atoms. The first-order chi connectivity index (χ1) is 11.3. The van der Waals surface area contributed by atoms with Crippen LogP contribution < -0.4 is 0 Å². The zero-order valence-electron chi connectivity index (χ0n) is 13.3. The molecule has 3 aromatic carbocycles. The minimum Gasteiger partial charge on any atom is -0.0837 e.